The average molecular weight is 428 g/mol. The summed E-state index contributed by atoms with van der Waals surface area (Å²) >= 11 is 0. The first-order valence-corrected chi connectivity index (χ1v) is 9.64. The molecule has 31 heavy (non-hydrogen) atoms. The number of hydrogen-bond acceptors (Lipinski definition) is 9. The third-order valence-corrected chi connectivity index (χ3v) is 6.34. The van der Waals surface area contributed by atoms with Crippen molar-refractivity contribution in [2.75, 3.05) is 7.11 Å². The molecule has 0 saturated heterocycles. The molecule has 0 aliphatic heterocycles. The number of phenolic OH excluding ortho intramolecular Hbond substituents is 4. The molecule has 5 N–H and O–H groups in total. The van der Waals surface area contributed by atoms with Crippen molar-refractivity contribution < 1.29 is 44.7 Å². The van der Waals surface area contributed by atoms with E-state index in [1.54, 1.807) is 6.92 Å². The first-order chi connectivity index (χ1) is 14.6. The van der Waals surface area contributed by atoms with Gasteiger partial charge >= 0.3 is 5.97 Å². The molecule has 9 heteroatoms. The number of aromatic hydroxyl groups is 4. The maximum Gasteiger partial charge on any atom is 0.316 e. The maximum absolute atomic E-state index is 13.2. The van der Waals surface area contributed by atoms with Crippen LogP contribution in [0.2, 0.25) is 0 Å². The van der Waals surface area contributed by atoms with Crippen molar-refractivity contribution >= 4 is 17.5 Å². The third-order valence-electron chi connectivity index (χ3n) is 6.34. The normalized spacial score (nSPS) is 21.8. The second kappa shape index (κ2) is 6.71. The highest BCUT2D eigenvalue weighted by Gasteiger charge is 2.51. The summed E-state index contributed by atoms with van der Waals surface area (Å²) in [6, 6.07) is 2.06. The van der Waals surface area contributed by atoms with Crippen molar-refractivity contribution in [3.05, 3.63) is 45.5 Å². The minimum Gasteiger partial charge on any atom is -0.507 e. The molecule has 0 aromatic heterocycles. The summed E-state index contributed by atoms with van der Waals surface area (Å²) in [7, 11) is 1.10. The Morgan fingerprint density at radius 3 is 2.00 bits per heavy atom. The SMILES string of the molecule is CC[C@@]1(O)CCc2c(O)c3c(c(O)c2[C@@H]1C(=O)OC)C(=O)c1c(O)ccc(O)c1C3=O. The van der Waals surface area contributed by atoms with E-state index in [1.165, 1.54) is 0 Å². The van der Waals surface area contributed by atoms with E-state index >= 15 is 0 Å². The summed E-state index contributed by atoms with van der Waals surface area (Å²) in [5, 5.41) is 53.3. The number of carbonyl (C=O) groups excluding carboxylic acids is 3. The summed E-state index contributed by atoms with van der Waals surface area (Å²) in [4.78, 5) is 38.9. The minimum absolute atomic E-state index is 0.0141. The Morgan fingerprint density at radius 2 is 1.52 bits per heavy atom. The number of phenols is 4. The van der Waals surface area contributed by atoms with E-state index in [1.807, 2.05) is 0 Å². The summed E-state index contributed by atoms with van der Waals surface area (Å²) in [6.07, 6.45) is 0.168. The van der Waals surface area contributed by atoms with Gasteiger partial charge in [-0.3, -0.25) is 14.4 Å². The van der Waals surface area contributed by atoms with Gasteiger partial charge in [-0.1, -0.05) is 6.92 Å². The maximum atomic E-state index is 13.2. The molecule has 2 aliphatic rings. The Morgan fingerprint density at radius 1 is 1.00 bits per heavy atom. The van der Waals surface area contributed by atoms with Crippen LogP contribution in [0.15, 0.2) is 12.1 Å². The van der Waals surface area contributed by atoms with Gasteiger partial charge in [0, 0.05) is 11.1 Å². The van der Waals surface area contributed by atoms with E-state index in [0.717, 1.165) is 19.2 Å². The zero-order chi connectivity index (χ0) is 22.8. The van der Waals surface area contributed by atoms with Gasteiger partial charge in [0.1, 0.15) is 28.9 Å². The van der Waals surface area contributed by atoms with Gasteiger partial charge in [0.15, 0.2) is 0 Å². The summed E-state index contributed by atoms with van der Waals surface area (Å²) in [5.41, 5.74) is -3.92. The van der Waals surface area contributed by atoms with E-state index in [0.29, 0.717) is 0 Å². The number of methoxy groups -OCH3 is 1. The first kappa shape index (κ1) is 20.7. The number of ketones is 2. The Labute approximate surface area is 176 Å². The molecule has 0 heterocycles. The van der Waals surface area contributed by atoms with E-state index in [4.69, 9.17) is 4.74 Å². The van der Waals surface area contributed by atoms with Crippen molar-refractivity contribution in [2.24, 2.45) is 0 Å². The van der Waals surface area contributed by atoms with E-state index in [-0.39, 0.29) is 30.4 Å². The highest BCUT2D eigenvalue weighted by atomic mass is 16.5. The fraction of sp³-hybridized carbons (Fsp3) is 0.318. The van der Waals surface area contributed by atoms with Crippen molar-refractivity contribution in [1.29, 1.82) is 0 Å². The van der Waals surface area contributed by atoms with Gasteiger partial charge in [0.2, 0.25) is 11.6 Å². The molecule has 0 unspecified atom stereocenters. The molecule has 4 rings (SSSR count). The molecular weight excluding hydrogens is 408 g/mol. The van der Waals surface area contributed by atoms with Gasteiger partial charge in [0.05, 0.1) is 35.0 Å². The third kappa shape index (κ3) is 2.56. The molecule has 2 aliphatic carbocycles. The second-order valence-electron chi connectivity index (χ2n) is 7.76. The monoisotopic (exact) mass is 428 g/mol. The molecule has 0 amide bonds. The van der Waals surface area contributed by atoms with Crippen LogP contribution in [0.5, 0.6) is 23.0 Å². The molecule has 2 aromatic carbocycles. The van der Waals surface area contributed by atoms with Gasteiger partial charge in [-0.15, -0.1) is 0 Å². The average Bonchev–Trinajstić information content (AvgIpc) is 2.75. The summed E-state index contributed by atoms with van der Waals surface area (Å²) < 4.78 is 4.81. The second-order valence-corrected chi connectivity index (χ2v) is 7.76. The van der Waals surface area contributed by atoms with Crippen molar-refractivity contribution in [1.82, 2.24) is 0 Å². The highest BCUT2D eigenvalue weighted by Crippen LogP contribution is 2.53. The molecule has 0 fully saturated rings. The van der Waals surface area contributed by atoms with Crippen LogP contribution >= 0.6 is 0 Å². The van der Waals surface area contributed by atoms with Gasteiger partial charge < -0.3 is 30.3 Å². The van der Waals surface area contributed by atoms with Crippen LogP contribution in [-0.2, 0) is 16.0 Å². The van der Waals surface area contributed by atoms with E-state index in [9.17, 15) is 39.9 Å². The van der Waals surface area contributed by atoms with Crippen molar-refractivity contribution in [2.45, 2.75) is 37.7 Å². The van der Waals surface area contributed by atoms with E-state index < -0.39 is 74.3 Å². The summed E-state index contributed by atoms with van der Waals surface area (Å²) in [6.45, 7) is 1.64. The largest absolute Gasteiger partial charge is 0.507 e. The van der Waals surface area contributed by atoms with Crippen molar-refractivity contribution in [3.63, 3.8) is 0 Å². The van der Waals surface area contributed by atoms with Gasteiger partial charge in [-0.05, 0) is 31.4 Å². The number of esters is 1. The lowest BCUT2D eigenvalue weighted by Gasteiger charge is -2.40. The van der Waals surface area contributed by atoms with Crippen molar-refractivity contribution in [3.8, 4) is 23.0 Å². The lowest BCUT2D eigenvalue weighted by Crippen LogP contribution is -2.44. The van der Waals surface area contributed by atoms with Gasteiger partial charge in [-0.2, -0.15) is 0 Å². The topological polar surface area (TPSA) is 162 Å². The zero-order valence-electron chi connectivity index (χ0n) is 16.7. The molecule has 0 radical (unpaired) electrons. The standard InChI is InChI=1S/C22H20O9/c1-3-22(30)7-6-8-11(16(22)21(29)31-2)18(26)15-14(17(8)25)19(27)12-9(23)4-5-10(24)13(12)20(15)28/h4-5,16,23-26,30H,3,6-7H2,1-2H3/t16-,22-/m1/s1. The molecule has 0 spiro atoms. The summed E-state index contributed by atoms with van der Waals surface area (Å²) in [5.74, 6) is -6.80. The fourth-order valence-electron chi connectivity index (χ4n) is 4.68. The molecule has 9 nitrogen and oxygen atoms in total. The number of fused-ring (bicyclic) bond motifs is 3. The first-order valence-electron chi connectivity index (χ1n) is 9.64. The molecule has 2 aromatic rings. The lowest BCUT2D eigenvalue weighted by molar-refractivity contribution is -0.151. The number of rotatable bonds is 2. The van der Waals surface area contributed by atoms with Gasteiger partial charge in [0.25, 0.3) is 0 Å². The Hall–Kier alpha value is -3.59. The Bertz CT molecular complexity index is 1180. The Kier molecular flexibility index (Phi) is 4.48. The van der Waals surface area contributed by atoms with Crippen LogP contribution in [0.1, 0.15) is 68.7 Å². The van der Waals surface area contributed by atoms with E-state index in [2.05, 4.69) is 0 Å². The quantitative estimate of drug-likeness (QED) is 0.302. The number of ether oxygens (including phenoxy) is 1. The molecule has 162 valence electrons. The molecule has 0 bridgehead atoms. The minimum atomic E-state index is -1.61. The van der Waals surface area contributed by atoms with Crippen LogP contribution in [0.3, 0.4) is 0 Å². The highest BCUT2D eigenvalue weighted by molar-refractivity contribution is 6.32. The molecule has 2 atom stereocenters. The molecule has 0 saturated carbocycles. The van der Waals surface area contributed by atoms with Crippen LogP contribution < -0.4 is 0 Å². The van der Waals surface area contributed by atoms with Crippen LogP contribution in [0, 0.1) is 0 Å². The number of benzene rings is 2. The lowest BCUT2D eigenvalue weighted by atomic mass is 9.67. The molecular formula is C22H20O9. The Balaban J connectivity index is 2.09. The predicted octanol–water partition coefficient (Wildman–Crippen LogP) is 1.63. The number of hydrogen-bond donors (Lipinski definition) is 5. The van der Waals surface area contributed by atoms with Crippen LogP contribution in [0.4, 0.5) is 0 Å². The number of aliphatic hydroxyl groups is 1. The fourth-order valence-corrected chi connectivity index (χ4v) is 4.68. The number of carbonyl (C=O) groups is 3. The smallest absolute Gasteiger partial charge is 0.316 e. The van der Waals surface area contributed by atoms with Gasteiger partial charge in [-0.25, -0.2) is 0 Å². The zero-order valence-corrected chi connectivity index (χ0v) is 16.7. The van der Waals surface area contributed by atoms with Crippen LogP contribution in [-0.4, -0.2) is 55.8 Å². The predicted molar refractivity (Wildman–Crippen MR) is 105 cm³/mol. The van der Waals surface area contributed by atoms with Crippen LogP contribution in [0.25, 0.3) is 0 Å².